The lowest BCUT2D eigenvalue weighted by atomic mass is 10.0. The van der Waals surface area contributed by atoms with E-state index >= 15 is 0 Å². The fourth-order valence-corrected chi connectivity index (χ4v) is 3.45. The molecule has 178 valence electrons. The summed E-state index contributed by atoms with van der Waals surface area (Å²) in [7, 11) is 0. The highest BCUT2D eigenvalue weighted by atomic mass is 16.5. The molecule has 33 heavy (non-hydrogen) atoms. The largest absolute Gasteiger partial charge is 0.483 e. The minimum Gasteiger partial charge on any atom is -0.483 e. The Labute approximate surface area is 189 Å². The monoisotopic (exact) mass is 463 g/mol. The summed E-state index contributed by atoms with van der Waals surface area (Å²) in [4.78, 5) is 62.1. The first-order valence-electron chi connectivity index (χ1n) is 10.4. The van der Waals surface area contributed by atoms with Crippen molar-refractivity contribution in [1.82, 2.24) is 15.5 Å². The minimum absolute atomic E-state index is 0.0206. The second kappa shape index (κ2) is 11.5. The summed E-state index contributed by atoms with van der Waals surface area (Å²) in [5, 5.41) is 13.3. The number of fused-ring (bicyclic) bond motifs is 1. The van der Waals surface area contributed by atoms with Crippen molar-refractivity contribution in [2.45, 2.75) is 18.9 Å². The second-order valence-electron chi connectivity index (χ2n) is 7.21. The van der Waals surface area contributed by atoms with Gasteiger partial charge >= 0.3 is 0 Å². The standard InChI is InChI=1S/C21H25N3O9/c25-7-9-32-11-10-31-8-6-22-17(27)12-33-15-3-1-2-13-18(15)21(30)24(20(13)29)14-4-5-16(26)23-19(14)28/h1-3,14,25H,4-12H2,(H,22,27)(H,23,26,28). The molecule has 12 nitrogen and oxygen atoms in total. The van der Waals surface area contributed by atoms with Gasteiger partial charge in [0, 0.05) is 13.0 Å². The molecule has 1 saturated heterocycles. The molecule has 5 amide bonds. The maximum absolute atomic E-state index is 13.0. The first-order valence-corrected chi connectivity index (χ1v) is 10.4. The molecule has 1 atom stereocenters. The van der Waals surface area contributed by atoms with Crippen molar-refractivity contribution in [3.8, 4) is 5.75 Å². The topological polar surface area (TPSA) is 161 Å². The van der Waals surface area contributed by atoms with E-state index in [9.17, 15) is 24.0 Å². The first-order chi connectivity index (χ1) is 15.9. The number of amides is 5. The van der Waals surface area contributed by atoms with Gasteiger partial charge in [0.05, 0.1) is 44.2 Å². The van der Waals surface area contributed by atoms with Crippen molar-refractivity contribution in [3.05, 3.63) is 29.3 Å². The Morgan fingerprint density at radius 3 is 2.58 bits per heavy atom. The number of piperidine rings is 1. The van der Waals surface area contributed by atoms with E-state index in [1.165, 1.54) is 18.2 Å². The van der Waals surface area contributed by atoms with E-state index < -0.39 is 42.2 Å². The first kappa shape index (κ1) is 24.3. The van der Waals surface area contributed by atoms with Crippen LogP contribution in [0.5, 0.6) is 5.75 Å². The third kappa shape index (κ3) is 5.92. The predicted octanol–water partition coefficient (Wildman–Crippen LogP) is -1.39. The van der Waals surface area contributed by atoms with Gasteiger partial charge in [-0.1, -0.05) is 6.07 Å². The van der Waals surface area contributed by atoms with E-state index in [2.05, 4.69) is 10.6 Å². The average Bonchev–Trinajstić information content (AvgIpc) is 3.05. The predicted molar refractivity (Wildman–Crippen MR) is 110 cm³/mol. The molecule has 1 aromatic carbocycles. The van der Waals surface area contributed by atoms with E-state index in [1.54, 1.807) is 0 Å². The SMILES string of the molecule is O=C(COc1cccc2c1C(=O)N(C1CCC(=O)NC1=O)C2=O)NCCOCCOCCO. The molecule has 2 aliphatic heterocycles. The van der Waals surface area contributed by atoms with Crippen molar-refractivity contribution in [1.29, 1.82) is 0 Å². The summed E-state index contributed by atoms with van der Waals surface area (Å²) >= 11 is 0. The van der Waals surface area contributed by atoms with Crippen LogP contribution in [0.15, 0.2) is 18.2 Å². The maximum atomic E-state index is 13.0. The number of nitrogens with zero attached hydrogens (tertiary/aromatic N) is 1. The number of benzene rings is 1. The van der Waals surface area contributed by atoms with Crippen LogP contribution < -0.4 is 15.4 Å². The summed E-state index contributed by atoms with van der Waals surface area (Å²) in [5.74, 6) is -2.93. The van der Waals surface area contributed by atoms with Gasteiger partial charge in [0.2, 0.25) is 11.8 Å². The van der Waals surface area contributed by atoms with Crippen LogP contribution in [0, 0.1) is 0 Å². The minimum atomic E-state index is -1.08. The number of hydrogen-bond acceptors (Lipinski definition) is 9. The van der Waals surface area contributed by atoms with Crippen LogP contribution in [0.1, 0.15) is 33.6 Å². The molecule has 2 heterocycles. The van der Waals surface area contributed by atoms with Gasteiger partial charge in [-0.3, -0.25) is 34.2 Å². The van der Waals surface area contributed by atoms with E-state index in [4.69, 9.17) is 19.3 Å². The Morgan fingerprint density at radius 2 is 1.85 bits per heavy atom. The average molecular weight is 463 g/mol. The molecule has 1 fully saturated rings. The summed E-state index contributed by atoms with van der Waals surface area (Å²) < 4.78 is 15.8. The lowest BCUT2D eigenvalue weighted by molar-refractivity contribution is -0.136. The van der Waals surface area contributed by atoms with Gasteiger partial charge in [-0.2, -0.15) is 0 Å². The summed E-state index contributed by atoms with van der Waals surface area (Å²) in [5.41, 5.74) is 0.0469. The van der Waals surface area contributed by atoms with Gasteiger partial charge in [-0.05, 0) is 18.6 Å². The number of rotatable bonds is 12. The van der Waals surface area contributed by atoms with Crippen LogP contribution in [-0.4, -0.2) is 91.8 Å². The molecule has 1 unspecified atom stereocenters. The second-order valence-corrected chi connectivity index (χ2v) is 7.21. The number of carbonyl (C=O) groups excluding carboxylic acids is 5. The van der Waals surface area contributed by atoms with Crippen LogP contribution >= 0.6 is 0 Å². The summed E-state index contributed by atoms with van der Waals surface area (Å²) in [6, 6.07) is 3.33. The lowest BCUT2D eigenvalue weighted by Gasteiger charge is -2.27. The molecule has 1 aromatic rings. The molecule has 0 radical (unpaired) electrons. The van der Waals surface area contributed by atoms with Gasteiger partial charge in [-0.25, -0.2) is 0 Å². The number of aliphatic hydroxyl groups is 1. The van der Waals surface area contributed by atoms with Gasteiger partial charge in [0.25, 0.3) is 17.7 Å². The van der Waals surface area contributed by atoms with Gasteiger partial charge in [0.1, 0.15) is 11.8 Å². The molecular weight excluding hydrogens is 438 g/mol. The van der Waals surface area contributed by atoms with Crippen LogP contribution in [0.25, 0.3) is 0 Å². The van der Waals surface area contributed by atoms with Crippen LogP contribution in [0.2, 0.25) is 0 Å². The van der Waals surface area contributed by atoms with Gasteiger partial charge < -0.3 is 24.6 Å². The fourth-order valence-electron chi connectivity index (χ4n) is 3.45. The van der Waals surface area contributed by atoms with Crippen molar-refractivity contribution in [2.75, 3.05) is 46.2 Å². The molecule has 12 heteroatoms. The quantitative estimate of drug-likeness (QED) is 0.250. The van der Waals surface area contributed by atoms with Crippen molar-refractivity contribution < 1.29 is 43.3 Å². The third-order valence-electron chi connectivity index (χ3n) is 4.96. The number of hydrogen-bond donors (Lipinski definition) is 3. The summed E-state index contributed by atoms with van der Waals surface area (Å²) in [6.07, 6.45) is 0.0666. The zero-order valence-corrected chi connectivity index (χ0v) is 17.8. The molecular formula is C21H25N3O9. The van der Waals surface area contributed by atoms with Crippen LogP contribution in [0.3, 0.4) is 0 Å². The Bertz CT molecular complexity index is 934. The highest BCUT2D eigenvalue weighted by molar-refractivity contribution is 6.24. The Morgan fingerprint density at radius 1 is 1.09 bits per heavy atom. The molecule has 0 saturated carbocycles. The fraction of sp³-hybridized carbons (Fsp3) is 0.476. The molecule has 0 aromatic heterocycles. The Kier molecular flexibility index (Phi) is 8.46. The highest BCUT2D eigenvalue weighted by Crippen LogP contribution is 2.33. The molecule has 3 N–H and O–H groups in total. The molecule has 3 rings (SSSR count). The summed E-state index contributed by atoms with van der Waals surface area (Å²) in [6.45, 7) is 0.922. The number of ether oxygens (including phenoxy) is 3. The van der Waals surface area contributed by atoms with E-state index in [-0.39, 0.29) is 56.1 Å². The van der Waals surface area contributed by atoms with Crippen molar-refractivity contribution in [2.24, 2.45) is 0 Å². The maximum Gasteiger partial charge on any atom is 0.266 e. The highest BCUT2D eigenvalue weighted by Gasteiger charge is 2.46. The van der Waals surface area contributed by atoms with Crippen molar-refractivity contribution >= 4 is 29.5 Å². The van der Waals surface area contributed by atoms with Gasteiger partial charge in [0.15, 0.2) is 6.61 Å². The molecule has 2 aliphatic rings. The number of imide groups is 2. The van der Waals surface area contributed by atoms with Crippen molar-refractivity contribution in [3.63, 3.8) is 0 Å². The molecule has 0 aliphatic carbocycles. The normalized spacial score (nSPS) is 17.7. The number of carbonyl (C=O) groups is 5. The number of nitrogens with one attached hydrogen (secondary N) is 2. The van der Waals surface area contributed by atoms with E-state index in [0.717, 1.165) is 4.90 Å². The number of aliphatic hydroxyl groups excluding tert-OH is 1. The smallest absolute Gasteiger partial charge is 0.266 e. The molecule has 0 spiro atoms. The van der Waals surface area contributed by atoms with Gasteiger partial charge in [-0.15, -0.1) is 0 Å². The van der Waals surface area contributed by atoms with Crippen LogP contribution in [-0.2, 0) is 23.9 Å². The zero-order chi connectivity index (χ0) is 23.8. The zero-order valence-electron chi connectivity index (χ0n) is 17.8. The Hall–Kier alpha value is -3.35. The van der Waals surface area contributed by atoms with Crippen LogP contribution in [0.4, 0.5) is 0 Å². The van der Waals surface area contributed by atoms with E-state index in [0.29, 0.717) is 13.2 Å². The molecule has 0 bridgehead atoms. The van der Waals surface area contributed by atoms with E-state index in [1.807, 2.05) is 0 Å². The third-order valence-corrected chi connectivity index (χ3v) is 4.96. The Balaban J connectivity index is 1.52. The lowest BCUT2D eigenvalue weighted by Crippen LogP contribution is -2.54.